The molecule has 0 unspecified atom stereocenters. The molecule has 0 spiro atoms. The lowest BCUT2D eigenvalue weighted by Crippen LogP contribution is -2.09. The summed E-state index contributed by atoms with van der Waals surface area (Å²) in [5.41, 5.74) is 2.42. The highest BCUT2D eigenvalue weighted by molar-refractivity contribution is 5.85. The fourth-order valence-electron chi connectivity index (χ4n) is 1.91. The number of nitrogens with zero attached hydrogens (tertiary/aromatic N) is 2. The maximum atomic E-state index is 4.41. The van der Waals surface area contributed by atoms with Crippen LogP contribution in [0.4, 0.5) is 5.82 Å². The molecule has 1 aromatic carbocycles. The van der Waals surface area contributed by atoms with Gasteiger partial charge in [0.25, 0.3) is 0 Å². The molecule has 0 amide bonds. The summed E-state index contributed by atoms with van der Waals surface area (Å²) < 4.78 is 2.00. The molecule has 0 atom stereocenters. The van der Waals surface area contributed by atoms with Gasteiger partial charge >= 0.3 is 0 Å². The molecule has 18 heavy (non-hydrogen) atoms. The van der Waals surface area contributed by atoms with Gasteiger partial charge in [-0.2, -0.15) is 5.10 Å². The first-order valence-corrected chi connectivity index (χ1v) is 6.12. The SMILES string of the molecule is CCn1nc(C)cc1NCCc1ccccc1.Cl. The summed E-state index contributed by atoms with van der Waals surface area (Å²) in [6.45, 7) is 5.97. The van der Waals surface area contributed by atoms with Crippen molar-refractivity contribution in [3.8, 4) is 0 Å². The summed E-state index contributed by atoms with van der Waals surface area (Å²) in [6.07, 6.45) is 1.04. The number of rotatable bonds is 5. The Labute approximate surface area is 115 Å². The molecule has 2 aromatic rings. The Morgan fingerprint density at radius 1 is 1.22 bits per heavy atom. The summed E-state index contributed by atoms with van der Waals surface area (Å²) in [5.74, 6) is 1.11. The number of hydrogen-bond donors (Lipinski definition) is 1. The molecule has 0 bridgehead atoms. The van der Waals surface area contributed by atoms with Gasteiger partial charge in [0.15, 0.2) is 0 Å². The highest BCUT2D eigenvalue weighted by Crippen LogP contribution is 2.10. The first-order valence-electron chi connectivity index (χ1n) is 6.12. The zero-order chi connectivity index (χ0) is 12.1. The number of halogens is 1. The Balaban J connectivity index is 0.00000162. The van der Waals surface area contributed by atoms with E-state index in [-0.39, 0.29) is 12.4 Å². The summed E-state index contributed by atoms with van der Waals surface area (Å²) in [6, 6.07) is 12.6. The number of nitrogens with one attached hydrogen (secondary N) is 1. The van der Waals surface area contributed by atoms with Crippen molar-refractivity contribution in [3.63, 3.8) is 0 Å². The lowest BCUT2D eigenvalue weighted by atomic mass is 10.1. The maximum Gasteiger partial charge on any atom is 0.124 e. The molecule has 3 nitrogen and oxygen atoms in total. The second-order valence-electron chi connectivity index (χ2n) is 4.15. The summed E-state index contributed by atoms with van der Waals surface area (Å²) in [7, 11) is 0. The maximum absolute atomic E-state index is 4.41. The Morgan fingerprint density at radius 3 is 2.61 bits per heavy atom. The van der Waals surface area contributed by atoms with Crippen LogP contribution in [0.2, 0.25) is 0 Å². The molecular weight excluding hydrogens is 246 g/mol. The van der Waals surface area contributed by atoms with E-state index in [0.29, 0.717) is 0 Å². The lowest BCUT2D eigenvalue weighted by Gasteiger charge is -2.07. The summed E-state index contributed by atoms with van der Waals surface area (Å²) in [5, 5.41) is 7.84. The Hall–Kier alpha value is -1.48. The van der Waals surface area contributed by atoms with Gasteiger partial charge in [-0.3, -0.25) is 0 Å². The molecule has 1 heterocycles. The van der Waals surface area contributed by atoms with Crippen molar-refractivity contribution in [1.29, 1.82) is 0 Å². The van der Waals surface area contributed by atoms with E-state index >= 15 is 0 Å². The molecule has 0 aliphatic carbocycles. The van der Waals surface area contributed by atoms with Crippen LogP contribution < -0.4 is 5.32 Å². The van der Waals surface area contributed by atoms with E-state index in [9.17, 15) is 0 Å². The van der Waals surface area contributed by atoms with Crippen LogP contribution in [0, 0.1) is 6.92 Å². The number of benzene rings is 1. The third-order valence-corrected chi connectivity index (χ3v) is 2.76. The molecule has 0 saturated heterocycles. The number of anilines is 1. The van der Waals surface area contributed by atoms with Crippen molar-refractivity contribution in [2.75, 3.05) is 11.9 Å². The molecule has 0 saturated carbocycles. The minimum atomic E-state index is 0. The second kappa shape index (κ2) is 7.07. The van der Waals surface area contributed by atoms with Gasteiger partial charge in [0.1, 0.15) is 5.82 Å². The van der Waals surface area contributed by atoms with Gasteiger partial charge in [0.05, 0.1) is 5.69 Å². The quantitative estimate of drug-likeness (QED) is 0.899. The van der Waals surface area contributed by atoms with E-state index in [0.717, 1.165) is 31.0 Å². The van der Waals surface area contributed by atoms with Gasteiger partial charge in [0.2, 0.25) is 0 Å². The minimum Gasteiger partial charge on any atom is -0.370 e. The predicted molar refractivity (Wildman–Crippen MR) is 78.5 cm³/mol. The van der Waals surface area contributed by atoms with E-state index in [1.54, 1.807) is 0 Å². The standard InChI is InChI=1S/C14H19N3.ClH/c1-3-17-14(11-12(2)16-17)15-10-9-13-7-5-4-6-8-13;/h4-8,11,15H,3,9-10H2,1-2H3;1H. The zero-order valence-corrected chi connectivity index (χ0v) is 11.7. The topological polar surface area (TPSA) is 29.9 Å². The van der Waals surface area contributed by atoms with Crippen LogP contribution in [0.1, 0.15) is 18.2 Å². The summed E-state index contributed by atoms with van der Waals surface area (Å²) in [4.78, 5) is 0. The monoisotopic (exact) mass is 265 g/mol. The normalized spacial score (nSPS) is 9.89. The van der Waals surface area contributed by atoms with Crippen LogP contribution in [-0.2, 0) is 13.0 Å². The number of aromatic nitrogens is 2. The van der Waals surface area contributed by atoms with Crippen molar-refractivity contribution in [3.05, 3.63) is 47.7 Å². The van der Waals surface area contributed by atoms with Gasteiger partial charge in [-0.15, -0.1) is 12.4 Å². The van der Waals surface area contributed by atoms with E-state index in [4.69, 9.17) is 0 Å². The molecule has 0 aliphatic heterocycles. The average molecular weight is 266 g/mol. The van der Waals surface area contributed by atoms with Gasteiger partial charge in [-0.1, -0.05) is 30.3 Å². The van der Waals surface area contributed by atoms with Crippen LogP contribution in [-0.4, -0.2) is 16.3 Å². The first-order chi connectivity index (χ1) is 8.29. The number of aryl methyl sites for hydroxylation is 2. The zero-order valence-electron chi connectivity index (χ0n) is 10.9. The molecule has 0 aliphatic rings. The molecule has 0 radical (unpaired) electrons. The number of hydrogen-bond acceptors (Lipinski definition) is 2. The predicted octanol–water partition coefficient (Wildman–Crippen LogP) is 3.29. The van der Waals surface area contributed by atoms with E-state index in [1.807, 2.05) is 17.7 Å². The average Bonchev–Trinajstić information content (AvgIpc) is 2.71. The van der Waals surface area contributed by atoms with Crippen LogP contribution in [0.25, 0.3) is 0 Å². The van der Waals surface area contributed by atoms with Crippen molar-refractivity contribution in [2.45, 2.75) is 26.8 Å². The van der Waals surface area contributed by atoms with Crippen molar-refractivity contribution < 1.29 is 0 Å². The van der Waals surface area contributed by atoms with Crippen LogP contribution in [0.3, 0.4) is 0 Å². The van der Waals surface area contributed by atoms with Gasteiger partial charge < -0.3 is 5.32 Å². The summed E-state index contributed by atoms with van der Waals surface area (Å²) >= 11 is 0. The smallest absolute Gasteiger partial charge is 0.124 e. The Kier molecular flexibility index (Phi) is 5.72. The fraction of sp³-hybridized carbons (Fsp3) is 0.357. The molecule has 98 valence electrons. The molecular formula is C14H20ClN3. The highest BCUT2D eigenvalue weighted by atomic mass is 35.5. The third-order valence-electron chi connectivity index (χ3n) is 2.76. The van der Waals surface area contributed by atoms with E-state index < -0.39 is 0 Å². The highest BCUT2D eigenvalue weighted by Gasteiger charge is 2.02. The molecule has 1 aromatic heterocycles. The minimum absolute atomic E-state index is 0. The van der Waals surface area contributed by atoms with Crippen LogP contribution >= 0.6 is 12.4 Å². The van der Waals surface area contributed by atoms with Crippen molar-refractivity contribution >= 4 is 18.2 Å². The third kappa shape index (κ3) is 3.77. The van der Waals surface area contributed by atoms with Gasteiger partial charge in [-0.25, -0.2) is 4.68 Å². The van der Waals surface area contributed by atoms with Crippen LogP contribution in [0.5, 0.6) is 0 Å². The molecule has 0 fully saturated rings. The molecule has 2 rings (SSSR count). The van der Waals surface area contributed by atoms with E-state index in [2.05, 4.69) is 47.7 Å². The van der Waals surface area contributed by atoms with Crippen LogP contribution in [0.15, 0.2) is 36.4 Å². The fourth-order valence-corrected chi connectivity index (χ4v) is 1.91. The Bertz CT molecular complexity index is 465. The first kappa shape index (κ1) is 14.6. The Morgan fingerprint density at radius 2 is 1.94 bits per heavy atom. The lowest BCUT2D eigenvalue weighted by molar-refractivity contribution is 0.657. The van der Waals surface area contributed by atoms with Gasteiger partial charge in [-0.05, 0) is 25.8 Å². The van der Waals surface area contributed by atoms with Crippen molar-refractivity contribution in [1.82, 2.24) is 9.78 Å². The largest absolute Gasteiger partial charge is 0.370 e. The van der Waals surface area contributed by atoms with Gasteiger partial charge in [0, 0.05) is 19.2 Å². The molecule has 1 N–H and O–H groups in total. The van der Waals surface area contributed by atoms with Crippen molar-refractivity contribution in [2.24, 2.45) is 0 Å². The van der Waals surface area contributed by atoms with E-state index in [1.165, 1.54) is 5.56 Å². The molecule has 4 heteroatoms. The second-order valence-corrected chi connectivity index (χ2v) is 4.15.